The van der Waals surface area contributed by atoms with E-state index in [2.05, 4.69) is 0 Å². The zero-order valence-corrected chi connectivity index (χ0v) is 11.5. The normalized spacial score (nSPS) is 15.6. The van der Waals surface area contributed by atoms with Crippen LogP contribution in [0, 0.1) is 0 Å². The van der Waals surface area contributed by atoms with Gasteiger partial charge in [0.1, 0.15) is 6.54 Å². The van der Waals surface area contributed by atoms with E-state index in [1.165, 1.54) is 6.92 Å². The Morgan fingerprint density at radius 1 is 1.22 bits per heavy atom. The molecule has 1 unspecified atom stereocenters. The highest BCUT2D eigenvalue weighted by Crippen LogP contribution is 2.23. The van der Waals surface area contributed by atoms with Gasteiger partial charge in [0.15, 0.2) is 0 Å². The number of rotatable bonds is 6. The van der Waals surface area contributed by atoms with Gasteiger partial charge in [-0.25, -0.2) is 0 Å². The van der Waals surface area contributed by atoms with Crippen LogP contribution >= 0.6 is 0 Å². The molecule has 0 spiro atoms. The molecule has 6 heteroatoms. The Morgan fingerprint density at radius 2 is 1.67 bits per heavy atom. The predicted octanol–water partition coefficient (Wildman–Crippen LogP) is 2.69. The first-order valence-corrected chi connectivity index (χ1v) is 6.25. The summed E-state index contributed by atoms with van der Waals surface area (Å²) in [6.45, 7) is 5.47. The summed E-state index contributed by atoms with van der Waals surface area (Å²) in [5.74, 6) is -0.629. The molecular weight excluding hydrogens is 245 g/mol. The molecule has 108 valence electrons. The first-order valence-electron chi connectivity index (χ1n) is 6.25. The van der Waals surface area contributed by atoms with Crippen LogP contribution in [0.4, 0.5) is 13.2 Å². The van der Waals surface area contributed by atoms with Crippen LogP contribution in [0.1, 0.15) is 47.0 Å². The fourth-order valence-corrected chi connectivity index (χ4v) is 1.77. The number of nitrogens with zero attached hydrogens (tertiary/aromatic N) is 1. The van der Waals surface area contributed by atoms with Gasteiger partial charge >= 0.3 is 6.18 Å². The highest BCUT2D eigenvalue weighted by atomic mass is 19.4. The third-order valence-electron chi connectivity index (χ3n) is 3.22. The molecule has 1 amide bonds. The lowest BCUT2D eigenvalue weighted by Crippen LogP contribution is -2.57. The summed E-state index contributed by atoms with van der Waals surface area (Å²) in [5, 5.41) is 0. The van der Waals surface area contributed by atoms with Crippen LogP contribution in [0.15, 0.2) is 0 Å². The average molecular weight is 268 g/mol. The molecule has 0 heterocycles. The van der Waals surface area contributed by atoms with E-state index < -0.39 is 30.2 Å². The van der Waals surface area contributed by atoms with E-state index in [0.29, 0.717) is 19.3 Å². The van der Waals surface area contributed by atoms with Gasteiger partial charge in [0.2, 0.25) is 5.91 Å². The van der Waals surface area contributed by atoms with Gasteiger partial charge in [-0.1, -0.05) is 20.8 Å². The minimum atomic E-state index is -4.40. The van der Waals surface area contributed by atoms with Gasteiger partial charge in [0.25, 0.3) is 0 Å². The van der Waals surface area contributed by atoms with Gasteiger partial charge in [0, 0.05) is 6.04 Å². The van der Waals surface area contributed by atoms with Crippen molar-refractivity contribution in [3.8, 4) is 0 Å². The molecule has 0 aliphatic carbocycles. The minimum absolute atomic E-state index is 0.306. The van der Waals surface area contributed by atoms with Crippen molar-refractivity contribution in [3.05, 3.63) is 0 Å². The molecule has 0 bridgehead atoms. The van der Waals surface area contributed by atoms with Crippen molar-refractivity contribution in [2.45, 2.75) is 64.7 Å². The van der Waals surface area contributed by atoms with Gasteiger partial charge in [0.05, 0.1) is 5.54 Å². The lowest BCUT2D eigenvalue weighted by atomic mass is 9.96. The Balaban J connectivity index is 5.15. The molecule has 0 aliphatic rings. The number of alkyl halides is 3. The van der Waals surface area contributed by atoms with E-state index in [0.717, 1.165) is 4.90 Å². The number of halogens is 3. The van der Waals surface area contributed by atoms with Crippen LogP contribution in [-0.2, 0) is 4.79 Å². The molecule has 0 aromatic carbocycles. The van der Waals surface area contributed by atoms with Crippen molar-refractivity contribution in [2.24, 2.45) is 5.73 Å². The maximum atomic E-state index is 12.6. The average Bonchev–Trinajstić information content (AvgIpc) is 2.26. The lowest BCUT2D eigenvalue weighted by Gasteiger charge is -2.36. The van der Waals surface area contributed by atoms with Gasteiger partial charge in [-0.15, -0.1) is 0 Å². The second-order valence-corrected chi connectivity index (χ2v) is 4.79. The monoisotopic (exact) mass is 268 g/mol. The molecule has 0 fully saturated rings. The number of nitrogens with two attached hydrogens (primary N) is 1. The van der Waals surface area contributed by atoms with Crippen molar-refractivity contribution < 1.29 is 18.0 Å². The molecule has 2 N–H and O–H groups in total. The molecular formula is C12H23F3N2O. The molecule has 1 atom stereocenters. The molecule has 3 nitrogen and oxygen atoms in total. The highest BCUT2D eigenvalue weighted by Gasteiger charge is 2.40. The zero-order valence-electron chi connectivity index (χ0n) is 11.5. The molecule has 0 aliphatic heterocycles. The van der Waals surface area contributed by atoms with Crippen LogP contribution in [0.2, 0.25) is 0 Å². The predicted molar refractivity (Wildman–Crippen MR) is 65.0 cm³/mol. The second-order valence-electron chi connectivity index (χ2n) is 4.79. The third kappa shape index (κ3) is 4.84. The van der Waals surface area contributed by atoms with Crippen LogP contribution in [-0.4, -0.2) is 35.1 Å². The summed E-state index contributed by atoms with van der Waals surface area (Å²) in [4.78, 5) is 13.0. The van der Waals surface area contributed by atoms with Crippen LogP contribution < -0.4 is 5.73 Å². The Kier molecular flexibility index (Phi) is 6.13. The molecule has 0 radical (unpaired) electrons. The molecule has 18 heavy (non-hydrogen) atoms. The summed E-state index contributed by atoms with van der Waals surface area (Å²) in [5.41, 5.74) is 4.53. The van der Waals surface area contributed by atoms with E-state index in [-0.39, 0.29) is 0 Å². The molecule has 0 saturated heterocycles. The van der Waals surface area contributed by atoms with Gasteiger partial charge in [-0.3, -0.25) is 4.79 Å². The molecule has 0 aromatic heterocycles. The van der Waals surface area contributed by atoms with Crippen molar-refractivity contribution in [1.82, 2.24) is 4.90 Å². The van der Waals surface area contributed by atoms with Crippen molar-refractivity contribution >= 4 is 5.91 Å². The maximum Gasteiger partial charge on any atom is 0.406 e. The van der Waals surface area contributed by atoms with Crippen molar-refractivity contribution in [2.75, 3.05) is 6.54 Å². The third-order valence-corrected chi connectivity index (χ3v) is 3.22. The molecule has 0 aromatic rings. The SMILES string of the molecule is CCC(CC)N(CC(F)(F)F)C(=O)C(C)(N)CC. The van der Waals surface area contributed by atoms with E-state index in [1.807, 2.05) is 0 Å². The Morgan fingerprint density at radius 3 is 1.94 bits per heavy atom. The Bertz CT molecular complexity index is 273. The van der Waals surface area contributed by atoms with Gasteiger partial charge in [-0.2, -0.15) is 13.2 Å². The lowest BCUT2D eigenvalue weighted by molar-refractivity contribution is -0.169. The number of hydrogen-bond donors (Lipinski definition) is 1. The summed E-state index contributed by atoms with van der Waals surface area (Å²) in [6.07, 6.45) is -3.13. The quantitative estimate of drug-likeness (QED) is 0.805. The van der Waals surface area contributed by atoms with Crippen LogP contribution in [0.25, 0.3) is 0 Å². The maximum absolute atomic E-state index is 12.6. The van der Waals surface area contributed by atoms with Crippen molar-refractivity contribution in [3.63, 3.8) is 0 Å². The van der Waals surface area contributed by atoms with Gasteiger partial charge < -0.3 is 10.6 Å². The number of carbonyl (C=O) groups is 1. The Labute approximate surface area is 107 Å². The van der Waals surface area contributed by atoms with Crippen LogP contribution in [0.5, 0.6) is 0 Å². The summed E-state index contributed by atoms with van der Waals surface area (Å²) < 4.78 is 37.7. The smallest absolute Gasteiger partial charge is 0.329 e. The highest BCUT2D eigenvalue weighted by molar-refractivity contribution is 5.86. The minimum Gasteiger partial charge on any atom is -0.329 e. The summed E-state index contributed by atoms with van der Waals surface area (Å²) >= 11 is 0. The van der Waals surface area contributed by atoms with E-state index in [9.17, 15) is 18.0 Å². The topological polar surface area (TPSA) is 46.3 Å². The standard InChI is InChI=1S/C12H23F3N2O/c1-5-9(6-2)17(8-12(13,14)15)10(18)11(4,16)7-3/h9H,5-8,16H2,1-4H3. The van der Waals surface area contributed by atoms with E-state index in [4.69, 9.17) is 5.73 Å². The van der Waals surface area contributed by atoms with Gasteiger partial charge in [-0.05, 0) is 26.2 Å². The second kappa shape index (κ2) is 6.41. The zero-order chi connectivity index (χ0) is 14.6. The molecule has 0 saturated carbocycles. The molecule has 0 rings (SSSR count). The van der Waals surface area contributed by atoms with Crippen molar-refractivity contribution in [1.29, 1.82) is 0 Å². The van der Waals surface area contributed by atoms with E-state index >= 15 is 0 Å². The van der Waals surface area contributed by atoms with E-state index in [1.54, 1.807) is 20.8 Å². The number of carbonyl (C=O) groups excluding carboxylic acids is 1. The fourth-order valence-electron chi connectivity index (χ4n) is 1.77. The summed E-state index contributed by atoms with van der Waals surface area (Å²) in [6, 6.07) is -0.423. The number of amides is 1. The van der Waals surface area contributed by atoms with Crippen LogP contribution in [0.3, 0.4) is 0 Å². The fraction of sp³-hybridized carbons (Fsp3) is 0.917. The Hall–Kier alpha value is -0.780. The summed E-state index contributed by atoms with van der Waals surface area (Å²) in [7, 11) is 0. The largest absolute Gasteiger partial charge is 0.406 e. The first kappa shape index (κ1) is 17.2. The first-order chi connectivity index (χ1) is 8.09. The number of hydrogen-bond acceptors (Lipinski definition) is 2.